The summed E-state index contributed by atoms with van der Waals surface area (Å²) in [4.78, 5) is 4.53. The molecular weight excluding hydrogens is 293 g/mol. The molecule has 0 saturated heterocycles. The smallest absolute Gasteiger partial charge is 0.127 e. The third kappa shape index (κ3) is 3.53. The number of para-hydroxylation sites is 1. The Hall–Kier alpha value is -1.51. The Bertz CT molecular complexity index is 626. The molecule has 2 aromatic rings. The van der Waals surface area contributed by atoms with Crippen LogP contribution in [-0.2, 0) is 0 Å². The zero-order chi connectivity index (χ0) is 14.5. The summed E-state index contributed by atoms with van der Waals surface area (Å²) in [6.45, 7) is 1.99. The molecule has 1 unspecified atom stereocenters. The summed E-state index contributed by atoms with van der Waals surface area (Å²) >= 11 is 12.1. The monoisotopic (exact) mass is 307 g/mol. The van der Waals surface area contributed by atoms with Crippen LogP contribution in [0.25, 0.3) is 0 Å². The molecule has 1 atom stereocenters. The zero-order valence-corrected chi connectivity index (χ0v) is 12.8. The first-order chi connectivity index (χ1) is 9.61. The van der Waals surface area contributed by atoms with Crippen molar-refractivity contribution in [1.82, 2.24) is 0 Å². The molecule has 0 spiro atoms. The molecule has 2 rings (SSSR count). The van der Waals surface area contributed by atoms with Gasteiger partial charge in [0.1, 0.15) is 5.75 Å². The summed E-state index contributed by atoms with van der Waals surface area (Å²) in [5, 5.41) is 1.25. The molecule has 0 fully saturated rings. The Kier molecular flexibility index (Phi) is 5.05. The molecule has 0 aliphatic carbocycles. The van der Waals surface area contributed by atoms with E-state index in [0.717, 1.165) is 16.9 Å². The van der Waals surface area contributed by atoms with Gasteiger partial charge in [-0.15, -0.1) is 0 Å². The Balaban J connectivity index is 2.22. The van der Waals surface area contributed by atoms with Crippen LogP contribution in [0.1, 0.15) is 24.1 Å². The summed E-state index contributed by atoms with van der Waals surface area (Å²) in [6, 6.07) is 13.1. The molecule has 0 bridgehead atoms. The maximum Gasteiger partial charge on any atom is 0.127 e. The quantitative estimate of drug-likeness (QED) is 0.713. The SMILES string of the molecule is COc1ccccc1C=NC(C)c1ccc(Cl)cc1Cl. The summed E-state index contributed by atoms with van der Waals surface area (Å²) in [7, 11) is 1.65. The van der Waals surface area contributed by atoms with Gasteiger partial charge in [0, 0.05) is 21.8 Å². The van der Waals surface area contributed by atoms with Gasteiger partial charge in [0.25, 0.3) is 0 Å². The highest BCUT2D eigenvalue weighted by molar-refractivity contribution is 6.35. The average Bonchev–Trinajstić information content (AvgIpc) is 2.45. The maximum atomic E-state index is 6.18. The second-order valence-electron chi connectivity index (χ2n) is 4.36. The minimum atomic E-state index is -0.0512. The summed E-state index contributed by atoms with van der Waals surface area (Å²) in [5.41, 5.74) is 1.88. The van der Waals surface area contributed by atoms with Crippen LogP contribution in [0.15, 0.2) is 47.5 Å². The highest BCUT2D eigenvalue weighted by atomic mass is 35.5. The molecule has 0 aliphatic heterocycles. The Morgan fingerprint density at radius 2 is 1.90 bits per heavy atom. The minimum absolute atomic E-state index is 0.0512. The maximum absolute atomic E-state index is 6.18. The van der Waals surface area contributed by atoms with Gasteiger partial charge < -0.3 is 4.74 Å². The van der Waals surface area contributed by atoms with Crippen LogP contribution < -0.4 is 4.74 Å². The fourth-order valence-electron chi connectivity index (χ4n) is 1.89. The first-order valence-electron chi connectivity index (χ1n) is 6.23. The van der Waals surface area contributed by atoms with Crippen LogP contribution in [-0.4, -0.2) is 13.3 Å². The molecule has 104 valence electrons. The van der Waals surface area contributed by atoms with Crippen molar-refractivity contribution in [2.45, 2.75) is 13.0 Å². The predicted molar refractivity (Wildman–Crippen MR) is 85.5 cm³/mol. The van der Waals surface area contributed by atoms with E-state index in [-0.39, 0.29) is 6.04 Å². The van der Waals surface area contributed by atoms with E-state index in [1.807, 2.05) is 43.3 Å². The second-order valence-corrected chi connectivity index (χ2v) is 5.21. The van der Waals surface area contributed by atoms with Gasteiger partial charge in [0.15, 0.2) is 0 Å². The van der Waals surface area contributed by atoms with Crippen molar-refractivity contribution in [3.63, 3.8) is 0 Å². The number of methoxy groups -OCH3 is 1. The molecule has 0 radical (unpaired) electrons. The number of halogens is 2. The molecule has 0 aliphatic rings. The number of hydrogen-bond donors (Lipinski definition) is 0. The predicted octanol–water partition coefficient (Wildman–Crippen LogP) is 5.18. The lowest BCUT2D eigenvalue weighted by molar-refractivity contribution is 0.414. The van der Waals surface area contributed by atoms with Gasteiger partial charge in [-0.1, -0.05) is 41.4 Å². The van der Waals surface area contributed by atoms with Gasteiger partial charge in [-0.05, 0) is 36.8 Å². The van der Waals surface area contributed by atoms with Crippen molar-refractivity contribution in [2.24, 2.45) is 4.99 Å². The van der Waals surface area contributed by atoms with Gasteiger partial charge in [0.2, 0.25) is 0 Å². The molecule has 2 nitrogen and oxygen atoms in total. The van der Waals surface area contributed by atoms with E-state index >= 15 is 0 Å². The van der Waals surface area contributed by atoms with Crippen molar-refractivity contribution in [1.29, 1.82) is 0 Å². The van der Waals surface area contributed by atoms with Gasteiger partial charge in [0.05, 0.1) is 13.2 Å². The first kappa shape index (κ1) is 14.9. The largest absolute Gasteiger partial charge is 0.496 e. The number of nitrogens with zero attached hydrogens (tertiary/aromatic N) is 1. The molecule has 0 saturated carbocycles. The topological polar surface area (TPSA) is 21.6 Å². The van der Waals surface area contributed by atoms with Crippen LogP contribution in [0.2, 0.25) is 10.0 Å². The number of hydrogen-bond acceptors (Lipinski definition) is 2. The molecule has 0 N–H and O–H groups in total. The third-order valence-corrected chi connectivity index (χ3v) is 3.55. The average molecular weight is 308 g/mol. The van der Waals surface area contributed by atoms with Crippen molar-refractivity contribution in [2.75, 3.05) is 7.11 Å². The Morgan fingerprint density at radius 1 is 1.15 bits per heavy atom. The van der Waals surface area contributed by atoms with Crippen LogP contribution in [0, 0.1) is 0 Å². The van der Waals surface area contributed by atoms with Gasteiger partial charge in [-0.2, -0.15) is 0 Å². The van der Waals surface area contributed by atoms with E-state index in [1.54, 1.807) is 19.4 Å². The fraction of sp³-hybridized carbons (Fsp3) is 0.188. The van der Waals surface area contributed by atoms with Crippen molar-refractivity contribution >= 4 is 29.4 Å². The molecule has 4 heteroatoms. The van der Waals surface area contributed by atoms with Crippen molar-refractivity contribution < 1.29 is 4.74 Å². The molecule has 0 heterocycles. The lowest BCUT2D eigenvalue weighted by Gasteiger charge is -2.10. The van der Waals surface area contributed by atoms with E-state index in [9.17, 15) is 0 Å². The van der Waals surface area contributed by atoms with Gasteiger partial charge in [-0.3, -0.25) is 4.99 Å². The second kappa shape index (κ2) is 6.78. The number of ether oxygens (including phenoxy) is 1. The fourth-order valence-corrected chi connectivity index (χ4v) is 2.45. The molecule has 20 heavy (non-hydrogen) atoms. The number of benzene rings is 2. The molecule has 0 aromatic heterocycles. The van der Waals surface area contributed by atoms with E-state index < -0.39 is 0 Å². The summed E-state index contributed by atoms with van der Waals surface area (Å²) < 4.78 is 5.29. The van der Waals surface area contributed by atoms with E-state index in [0.29, 0.717) is 10.0 Å². The minimum Gasteiger partial charge on any atom is -0.496 e. The molecular formula is C16H15Cl2NO. The van der Waals surface area contributed by atoms with E-state index in [4.69, 9.17) is 27.9 Å². The number of rotatable bonds is 4. The van der Waals surface area contributed by atoms with Crippen molar-refractivity contribution in [3.05, 3.63) is 63.6 Å². The molecule has 2 aromatic carbocycles. The van der Waals surface area contributed by atoms with Gasteiger partial charge in [-0.25, -0.2) is 0 Å². The van der Waals surface area contributed by atoms with Gasteiger partial charge >= 0.3 is 0 Å². The van der Waals surface area contributed by atoms with Crippen LogP contribution in [0.5, 0.6) is 5.75 Å². The standard InChI is InChI=1S/C16H15Cl2NO/c1-11(14-8-7-13(17)9-15(14)18)19-10-12-5-3-4-6-16(12)20-2/h3-11H,1-2H3. The highest BCUT2D eigenvalue weighted by Gasteiger charge is 2.08. The van der Waals surface area contributed by atoms with Crippen LogP contribution >= 0.6 is 23.2 Å². The number of aliphatic imine (C=N–C) groups is 1. The van der Waals surface area contributed by atoms with E-state index in [2.05, 4.69) is 4.99 Å². The zero-order valence-electron chi connectivity index (χ0n) is 11.3. The van der Waals surface area contributed by atoms with Crippen molar-refractivity contribution in [3.8, 4) is 5.75 Å². The van der Waals surface area contributed by atoms with Crippen LogP contribution in [0.4, 0.5) is 0 Å². The lowest BCUT2D eigenvalue weighted by atomic mass is 10.1. The van der Waals surface area contributed by atoms with Crippen LogP contribution in [0.3, 0.4) is 0 Å². The Morgan fingerprint density at radius 3 is 2.60 bits per heavy atom. The third-order valence-electron chi connectivity index (χ3n) is 2.99. The van der Waals surface area contributed by atoms with E-state index in [1.165, 1.54) is 0 Å². The normalized spacial score (nSPS) is 12.6. The molecule has 0 amide bonds. The first-order valence-corrected chi connectivity index (χ1v) is 6.98. The Labute approximate surface area is 129 Å². The highest BCUT2D eigenvalue weighted by Crippen LogP contribution is 2.28. The summed E-state index contributed by atoms with van der Waals surface area (Å²) in [5.74, 6) is 0.797. The lowest BCUT2D eigenvalue weighted by Crippen LogP contribution is -1.94. The summed E-state index contributed by atoms with van der Waals surface area (Å²) in [6.07, 6.45) is 1.80.